The van der Waals surface area contributed by atoms with Gasteiger partial charge >= 0.3 is 0 Å². The third-order valence-corrected chi connectivity index (χ3v) is 3.40. The van der Waals surface area contributed by atoms with Crippen molar-refractivity contribution in [3.05, 3.63) is 29.8 Å². The van der Waals surface area contributed by atoms with E-state index in [0.717, 1.165) is 24.1 Å². The monoisotopic (exact) mass is 278 g/mol. The van der Waals surface area contributed by atoms with Gasteiger partial charge in [0.1, 0.15) is 0 Å². The molecule has 0 radical (unpaired) electrons. The van der Waals surface area contributed by atoms with Crippen LogP contribution in [0.3, 0.4) is 0 Å². The van der Waals surface area contributed by atoms with Gasteiger partial charge < -0.3 is 15.8 Å². The molecule has 0 unspecified atom stereocenters. The Morgan fingerprint density at radius 1 is 1.35 bits per heavy atom. The van der Waals surface area contributed by atoms with Crippen LogP contribution in [0.4, 0.5) is 5.69 Å². The van der Waals surface area contributed by atoms with Crippen molar-refractivity contribution >= 4 is 11.6 Å². The molecule has 4 nitrogen and oxygen atoms in total. The van der Waals surface area contributed by atoms with E-state index in [-0.39, 0.29) is 11.5 Å². The van der Waals surface area contributed by atoms with E-state index in [2.05, 4.69) is 26.1 Å². The molecule has 0 bridgehead atoms. The fourth-order valence-corrected chi connectivity index (χ4v) is 1.72. The summed E-state index contributed by atoms with van der Waals surface area (Å²) < 4.78 is 5.72. The molecule has 1 amide bonds. The number of benzene rings is 1. The lowest BCUT2D eigenvalue weighted by atomic mass is 10.1. The largest absolute Gasteiger partial charge is 0.376 e. The molecule has 0 aliphatic rings. The fraction of sp³-hybridized carbons (Fsp3) is 0.562. The molecule has 0 atom stereocenters. The van der Waals surface area contributed by atoms with Gasteiger partial charge in [-0.3, -0.25) is 4.79 Å². The lowest BCUT2D eigenvalue weighted by molar-refractivity contribution is -0.117. The van der Waals surface area contributed by atoms with E-state index in [4.69, 9.17) is 10.5 Å². The molecule has 3 N–H and O–H groups in total. The summed E-state index contributed by atoms with van der Waals surface area (Å²) in [5.41, 5.74) is 7.28. The van der Waals surface area contributed by atoms with E-state index in [1.165, 1.54) is 0 Å². The van der Waals surface area contributed by atoms with Gasteiger partial charge in [0.2, 0.25) is 5.91 Å². The highest BCUT2D eigenvalue weighted by Crippen LogP contribution is 2.16. The summed E-state index contributed by atoms with van der Waals surface area (Å²) in [6, 6.07) is 7.60. The smallest absolute Gasteiger partial charge is 0.224 e. The minimum atomic E-state index is -0.109. The van der Waals surface area contributed by atoms with Crippen LogP contribution in [0.2, 0.25) is 0 Å². The van der Waals surface area contributed by atoms with Crippen LogP contribution < -0.4 is 11.1 Å². The maximum atomic E-state index is 11.9. The normalized spacial score (nSPS) is 11.4. The van der Waals surface area contributed by atoms with E-state index in [1.807, 2.05) is 24.3 Å². The molecule has 112 valence electrons. The first kappa shape index (κ1) is 16.7. The third-order valence-electron chi connectivity index (χ3n) is 3.40. The number of anilines is 1. The Bertz CT molecular complexity index is 430. The molecule has 0 heterocycles. The molecule has 20 heavy (non-hydrogen) atoms. The number of hydrogen-bond donors (Lipinski definition) is 2. The van der Waals surface area contributed by atoms with Crippen LogP contribution in [0.1, 0.15) is 45.6 Å². The lowest BCUT2D eigenvalue weighted by Gasteiger charge is -2.23. The fourth-order valence-electron chi connectivity index (χ4n) is 1.72. The number of hydrogen-bond acceptors (Lipinski definition) is 3. The van der Waals surface area contributed by atoms with Gasteiger partial charge in [0.25, 0.3) is 0 Å². The van der Waals surface area contributed by atoms with Crippen molar-refractivity contribution in [1.82, 2.24) is 0 Å². The Labute approximate surface area is 121 Å². The molecule has 0 saturated heterocycles. The Hall–Kier alpha value is -1.39. The van der Waals surface area contributed by atoms with Crippen molar-refractivity contribution in [1.29, 1.82) is 0 Å². The second-order valence-corrected chi connectivity index (χ2v) is 5.47. The molecule has 1 rings (SSSR count). The Morgan fingerprint density at radius 2 is 2.05 bits per heavy atom. The predicted octanol–water partition coefficient (Wildman–Crippen LogP) is 3.07. The lowest BCUT2D eigenvalue weighted by Crippen LogP contribution is -2.24. The van der Waals surface area contributed by atoms with E-state index < -0.39 is 0 Å². The number of carbonyl (C=O) groups excluding carboxylic acids is 1. The second kappa shape index (κ2) is 8.02. The van der Waals surface area contributed by atoms with Crippen molar-refractivity contribution in [2.24, 2.45) is 5.73 Å². The minimum absolute atomic E-state index is 0.00352. The first-order chi connectivity index (χ1) is 9.48. The molecule has 0 aliphatic carbocycles. The van der Waals surface area contributed by atoms with E-state index in [9.17, 15) is 4.79 Å². The highest BCUT2D eigenvalue weighted by atomic mass is 16.5. The van der Waals surface area contributed by atoms with Crippen LogP contribution in [0, 0.1) is 0 Å². The average Bonchev–Trinajstić information content (AvgIpc) is 2.44. The molecule has 1 aromatic carbocycles. The molecule has 0 spiro atoms. The summed E-state index contributed by atoms with van der Waals surface area (Å²) in [7, 11) is 0. The molecule has 4 heteroatoms. The average molecular weight is 278 g/mol. The van der Waals surface area contributed by atoms with Crippen molar-refractivity contribution in [3.8, 4) is 0 Å². The van der Waals surface area contributed by atoms with Crippen LogP contribution in [0.5, 0.6) is 0 Å². The molecule has 1 aromatic rings. The topological polar surface area (TPSA) is 64.3 Å². The van der Waals surface area contributed by atoms with E-state index in [1.54, 1.807) is 0 Å². The summed E-state index contributed by atoms with van der Waals surface area (Å²) in [4.78, 5) is 11.9. The summed E-state index contributed by atoms with van der Waals surface area (Å²) >= 11 is 0. The van der Waals surface area contributed by atoms with Crippen molar-refractivity contribution in [2.45, 2.75) is 52.2 Å². The van der Waals surface area contributed by atoms with Crippen molar-refractivity contribution in [2.75, 3.05) is 11.9 Å². The Morgan fingerprint density at radius 3 is 2.70 bits per heavy atom. The van der Waals surface area contributed by atoms with Gasteiger partial charge in [-0.1, -0.05) is 25.1 Å². The van der Waals surface area contributed by atoms with Gasteiger partial charge in [-0.2, -0.15) is 0 Å². The van der Waals surface area contributed by atoms with Crippen molar-refractivity contribution in [3.63, 3.8) is 0 Å². The first-order valence-electron chi connectivity index (χ1n) is 7.20. The maximum Gasteiger partial charge on any atom is 0.224 e. The number of nitrogens with one attached hydrogen (secondary N) is 1. The second-order valence-electron chi connectivity index (χ2n) is 5.47. The summed E-state index contributed by atoms with van der Waals surface area (Å²) in [5, 5.41) is 2.90. The number of nitrogens with two attached hydrogens (primary N) is 1. The molecular formula is C16H26N2O2. The Kier molecular flexibility index (Phi) is 6.68. The van der Waals surface area contributed by atoms with E-state index in [0.29, 0.717) is 19.6 Å². The number of rotatable bonds is 8. The SMILES string of the molecule is CCC(C)(C)OCCCC(=O)Nc1ccccc1CN. The first-order valence-corrected chi connectivity index (χ1v) is 7.20. The zero-order valence-corrected chi connectivity index (χ0v) is 12.7. The van der Waals surface area contributed by atoms with Gasteiger partial charge in [-0.15, -0.1) is 0 Å². The van der Waals surface area contributed by atoms with Crippen LogP contribution in [-0.4, -0.2) is 18.1 Å². The standard InChI is InChI=1S/C16H26N2O2/c1-4-16(2,3)20-11-7-10-15(19)18-14-9-6-5-8-13(14)12-17/h5-6,8-9H,4,7,10-12,17H2,1-3H3,(H,18,19). The van der Waals surface area contributed by atoms with Gasteiger partial charge in [0.05, 0.1) is 5.60 Å². The highest BCUT2D eigenvalue weighted by molar-refractivity contribution is 5.91. The summed E-state index contributed by atoms with van der Waals surface area (Å²) in [6.07, 6.45) is 2.14. The van der Waals surface area contributed by atoms with Gasteiger partial charge in [0.15, 0.2) is 0 Å². The Balaban J connectivity index is 2.34. The minimum Gasteiger partial charge on any atom is -0.376 e. The number of carbonyl (C=O) groups is 1. The molecule has 0 fully saturated rings. The maximum absolute atomic E-state index is 11.9. The zero-order chi connectivity index (χ0) is 15.0. The third kappa shape index (κ3) is 5.72. The zero-order valence-electron chi connectivity index (χ0n) is 12.7. The highest BCUT2D eigenvalue weighted by Gasteiger charge is 2.15. The molecular weight excluding hydrogens is 252 g/mol. The van der Waals surface area contributed by atoms with Gasteiger partial charge in [0, 0.05) is 25.3 Å². The van der Waals surface area contributed by atoms with Gasteiger partial charge in [-0.05, 0) is 38.3 Å². The predicted molar refractivity (Wildman–Crippen MR) is 82.5 cm³/mol. The van der Waals surface area contributed by atoms with Gasteiger partial charge in [-0.25, -0.2) is 0 Å². The number of para-hydroxylation sites is 1. The summed E-state index contributed by atoms with van der Waals surface area (Å²) in [6.45, 7) is 7.24. The van der Waals surface area contributed by atoms with Crippen LogP contribution >= 0.6 is 0 Å². The molecule has 0 aliphatic heterocycles. The van der Waals surface area contributed by atoms with Crippen molar-refractivity contribution < 1.29 is 9.53 Å². The summed E-state index contributed by atoms with van der Waals surface area (Å²) in [5.74, 6) is 0.00352. The number of amides is 1. The quantitative estimate of drug-likeness (QED) is 0.718. The van der Waals surface area contributed by atoms with E-state index >= 15 is 0 Å². The van der Waals surface area contributed by atoms with Crippen LogP contribution in [0.25, 0.3) is 0 Å². The van der Waals surface area contributed by atoms with Crippen LogP contribution in [-0.2, 0) is 16.1 Å². The number of ether oxygens (including phenoxy) is 1. The van der Waals surface area contributed by atoms with Crippen LogP contribution in [0.15, 0.2) is 24.3 Å². The molecule has 0 saturated carbocycles. The molecule has 0 aromatic heterocycles.